The fourth-order valence-corrected chi connectivity index (χ4v) is 2.03. The molecule has 0 radical (unpaired) electrons. The fraction of sp³-hybridized carbons (Fsp3) is 0.462. The highest BCUT2D eigenvalue weighted by molar-refractivity contribution is 9.10. The molecule has 1 aliphatic rings. The Labute approximate surface area is 104 Å². The summed E-state index contributed by atoms with van der Waals surface area (Å²) in [5.74, 6) is 1.14. The molecule has 1 fully saturated rings. The maximum atomic E-state index is 10.6. The first kappa shape index (κ1) is 11.6. The minimum Gasteiger partial charge on any atom is -0.490 e. The molecule has 0 bridgehead atoms. The zero-order valence-electron chi connectivity index (χ0n) is 9.28. The predicted molar refractivity (Wildman–Crippen MR) is 66.9 cm³/mol. The number of hydrogen-bond acceptors (Lipinski definition) is 2. The van der Waals surface area contributed by atoms with Crippen molar-refractivity contribution in [2.75, 3.05) is 0 Å². The molecule has 0 heterocycles. The van der Waals surface area contributed by atoms with Crippen LogP contribution in [-0.2, 0) is 4.79 Å². The maximum absolute atomic E-state index is 10.6. The summed E-state index contributed by atoms with van der Waals surface area (Å²) < 4.78 is 6.87. The van der Waals surface area contributed by atoms with Gasteiger partial charge in [-0.3, -0.25) is 0 Å². The van der Waals surface area contributed by atoms with E-state index in [4.69, 9.17) is 4.74 Å². The van der Waals surface area contributed by atoms with Crippen LogP contribution >= 0.6 is 15.9 Å². The average molecular weight is 283 g/mol. The molecule has 0 aliphatic heterocycles. The number of halogens is 1. The zero-order chi connectivity index (χ0) is 11.5. The number of benzene rings is 1. The highest BCUT2D eigenvalue weighted by Gasteiger charge is 2.25. The normalized spacial score (nSPS) is 16.9. The second-order valence-electron chi connectivity index (χ2n) is 4.30. The first-order valence-electron chi connectivity index (χ1n) is 5.60. The Morgan fingerprint density at radius 3 is 2.94 bits per heavy atom. The van der Waals surface area contributed by atoms with Gasteiger partial charge in [-0.2, -0.15) is 0 Å². The van der Waals surface area contributed by atoms with Crippen LogP contribution in [0.15, 0.2) is 22.7 Å². The molecule has 16 heavy (non-hydrogen) atoms. The molecular formula is C13H15BrO2. The molecule has 1 aromatic rings. The molecule has 1 aromatic carbocycles. The number of aldehydes is 1. The lowest BCUT2D eigenvalue weighted by Crippen LogP contribution is -2.03. The minimum atomic E-state index is 0.212. The van der Waals surface area contributed by atoms with Gasteiger partial charge in [0.15, 0.2) is 0 Å². The van der Waals surface area contributed by atoms with Crippen molar-refractivity contribution in [2.24, 2.45) is 0 Å². The van der Waals surface area contributed by atoms with Crippen molar-refractivity contribution in [3.63, 3.8) is 0 Å². The third-order valence-electron chi connectivity index (χ3n) is 2.77. The van der Waals surface area contributed by atoms with E-state index in [2.05, 4.69) is 22.9 Å². The van der Waals surface area contributed by atoms with E-state index in [0.717, 1.165) is 34.9 Å². The van der Waals surface area contributed by atoms with Crippen LogP contribution < -0.4 is 4.74 Å². The summed E-state index contributed by atoms with van der Waals surface area (Å²) in [5.41, 5.74) is 1.12. The van der Waals surface area contributed by atoms with Gasteiger partial charge < -0.3 is 9.53 Å². The van der Waals surface area contributed by atoms with Gasteiger partial charge in [-0.15, -0.1) is 0 Å². The maximum Gasteiger partial charge on any atom is 0.123 e. The average Bonchev–Trinajstić information content (AvgIpc) is 3.05. The van der Waals surface area contributed by atoms with Crippen molar-refractivity contribution in [2.45, 2.75) is 38.2 Å². The van der Waals surface area contributed by atoms with Gasteiger partial charge in [0.25, 0.3) is 0 Å². The van der Waals surface area contributed by atoms with Crippen LogP contribution in [-0.4, -0.2) is 12.4 Å². The first-order chi connectivity index (χ1) is 7.70. The molecule has 3 heteroatoms. The van der Waals surface area contributed by atoms with E-state index in [1.807, 2.05) is 18.2 Å². The zero-order valence-corrected chi connectivity index (χ0v) is 10.9. The van der Waals surface area contributed by atoms with Crippen LogP contribution in [0.3, 0.4) is 0 Å². The van der Waals surface area contributed by atoms with Gasteiger partial charge in [-0.05, 0) is 42.5 Å². The summed E-state index contributed by atoms with van der Waals surface area (Å²) in [6, 6.07) is 6.01. The van der Waals surface area contributed by atoms with E-state index in [1.54, 1.807) is 0 Å². The molecule has 1 atom stereocenters. The van der Waals surface area contributed by atoms with Gasteiger partial charge >= 0.3 is 0 Å². The molecule has 1 saturated carbocycles. The van der Waals surface area contributed by atoms with Gasteiger partial charge in [0.2, 0.25) is 0 Å². The van der Waals surface area contributed by atoms with Gasteiger partial charge in [-0.25, -0.2) is 0 Å². The van der Waals surface area contributed by atoms with Crippen LogP contribution in [0.1, 0.15) is 37.7 Å². The number of ether oxygens (including phenoxy) is 1. The molecule has 2 nitrogen and oxygen atoms in total. The van der Waals surface area contributed by atoms with Crippen LogP contribution in [0, 0.1) is 0 Å². The monoisotopic (exact) mass is 282 g/mol. The van der Waals surface area contributed by atoms with Gasteiger partial charge in [0.1, 0.15) is 12.0 Å². The topological polar surface area (TPSA) is 26.3 Å². The molecule has 0 saturated heterocycles. The molecule has 1 unspecified atom stereocenters. The molecular weight excluding hydrogens is 268 g/mol. The fourth-order valence-electron chi connectivity index (χ4n) is 1.65. The Balaban J connectivity index is 2.23. The molecule has 0 N–H and O–H groups in total. The van der Waals surface area contributed by atoms with E-state index in [0.29, 0.717) is 12.5 Å². The Morgan fingerprint density at radius 1 is 1.56 bits per heavy atom. The highest BCUT2D eigenvalue weighted by atomic mass is 79.9. The van der Waals surface area contributed by atoms with Gasteiger partial charge in [-0.1, -0.05) is 22.9 Å². The second-order valence-corrected chi connectivity index (χ2v) is 5.22. The van der Waals surface area contributed by atoms with Crippen LogP contribution in [0.4, 0.5) is 0 Å². The third kappa shape index (κ3) is 2.85. The van der Waals surface area contributed by atoms with Crippen molar-refractivity contribution < 1.29 is 9.53 Å². The van der Waals surface area contributed by atoms with Crippen LogP contribution in [0.25, 0.3) is 0 Å². The number of hydrogen-bond donors (Lipinski definition) is 0. The predicted octanol–water partition coefficient (Wildman–Crippen LogP) is 3.68. The van der Waals surface area contributed by atoms with E-state index >= 15 is 0 Å². The largest absolute Gasteiger partial charge is 0.490 e. The summed E-state index contributed by atoms with van der Waals surface area (Å²) >= 11 is 3.45. The Bertz CT molecular complexity index is 386. The summed E-state index contributed by atoms with van der Waals surface area (Å²) in [6.07, 6.45) is 4.20. The Morgan fingerprint density at radius 2 is 2.31 bits per heavy atom. The minimum absolute atomic E-state index is 0.212. The van der Waals surface area contributed by atoms with E-state index in [1.165, 1.54) is 0 Å². The second kappa shape index (κ2) is 5.00. The Kier molecular flexibility index (Phi) is 3.64. The first-order valence-corrected chi connectivity index (χ1v) is 6.39. The highest BCUT2D eigenvalue weighted by Crippen LogP contribution is 2.35. The molecule has 1 aliphatic carbocycles. The van der Waals surface area contributed by atoms with E-state index in [-0.39, 0.29) is 5.92 Å². The van der Waals surface area contributed by atoms with Crippen molar-refractivity contribution in [1.29, 1.82) is 0 Å². The lowest BCUT2D eigenvalue weighted by molar-refractivity contribution is -0.108. The van der Waals surface area contributed by atoms with Crippen molar-refractivity contribution in [3.8, 4) is 5.75 Å². The van der Waals surface area contributed by atoms with Crippen LogP contribution in [0.2, 0.25) is 0 Å². The third-order valence-corrected chi connectivity index (χ3v) is 3.26. The van der Waals surface area contributed by atoms with Crippen molar-refractivity contribution in [3.05, 3.63) is 28.2 Å². The lowest BCUT2D eigenvalue weighted by atomic mass is 9.97. The van der Waals surface area contributed by atoms with Gasteiger partial charge in [0, 0.05) is 10.9 Å². The van der Waals surface area contributed by atoms with Crippen molar-refractivity contribution >= 4 is 22.2 Å². The quantitative estimate of drug-likeness (QED) is 0.770. The van der Waals surface area contributed by atoms with Crippen LogP contribution in [0.5, 0.6) is 5.75 Å². The molecule has 0 spiro atoms. The SMILES string of the molecule is CC(CC=O)c1cc(Br)ccc1OC1CC1. The number of carbonyl (C=O) groups excluding carboxylic acids is 1. The van der Waals surface area contributed by atoms with Crippen molar-refractivity contribution in [1.82, 2.24) is 0 Å². The van der Waals surface area contributed by atoms with E-state index < -0.39 is 0 Å². The Hall–Kier alpha value is -0.830. The molecule has 0 aromatic heterocycles. The smallest absolute Gasteiger partial charge is 0.123 e. The molecule has 0 amide bonds. The van der Waals surface area contributed by atoms with E-state index in [9.17, 15) is 4.79 Å². The lowest BCUT2D eigenvalue weighted by Gasteiger charge is -2.15. The molecule has 86 valence electrons. The number of carbonyl (C=O) groups is 1. The molecule has 2 rings (SSSR count). The summed E-state index contributed by atoms with van der Waals surface area (Å²) in [4.78, 5) is 10.6. The summed E-state index contributed by atoms with van der Waals surface area (Å²) in [5, 5.41) is 0. The summed E-state index contributed by atoms with van der Waals surface area (Å²) in [6.45, 7) is 2.05. The van der Waals surface area contributed by atoms with Gasteiger partial charge in [0.05, 0.1) is 6.10 Å². The standard InChI is InChI=1S/C13H15BrO2/c1-9(6-7-15)12-8-10(14)2-5-13(12)16-11-3-4-11/h2,5,7-9,11H,3-4,6H2,1H3. The number of rotatable bonds is 5. The summed E-state index contributed by atoms with van der Waals surface area (Å²) in [7, 11) is 0.